The van der Waals surface area contributed by atoms with Crippen molar-refractivity contribution in [2.75, 3.05) is 5.32 Å². The number of anilines is 1. The Morgan fingerprint density at radius 3 is 2.43 bits per heavy atom. The number of nitrogens with one attached hydrogen (secondary N) is 1. The Bertz CT molecular complexity index is 729. The molecule has 0 heterocycles. The summed E-state index contributed by atoms with van der Waals surface area (Å²) in [4.78, 5) is 22.9. The van der Waals surface area contributed by atoms with Crippen LogP contribution in [-0.4, -0.2) is 17.0 Å². The molecule has 0 aliphatic carbocycles. The molecule has 0 fully saturated rings. The van der Waals surface area contributed by atoms with Crippen molar-refractivity contribution in [1.29, 1.82) is 0 Å². The standard InChI is InChI=1S/C15H11F2NO3/c1-8-6-10(16)3-4-11(8)14(19)18-13-7-9(15(20)21)2-5-12(13)17/h2-7H,1H3,(H,18,19)(H,20,21). The minimum Gasteiger partial charge on any atom is -0.478 e. The number of hydrogen-bond acceptors (Lipinski definition) is 2. The molecule has 6 heteroatoms. The minimum absolute atomic E-state index is 0.150. The molecule has 0 saturated carbocycles. The normalized spacial score (nSPS) is 10.2. The highest BCUT2D eigenvalue weighted by Crippen LogP contribution is 2.18. The SMILES string of the molecule is Cc1cc(F)ccc1C(=O)Nc1cc(C(=O)O)ccc1F. The first-order valence-corrected chi connectivity index (χ1v) is 5.99. The monoisotopic (exact) mass is 291 g/mol. The summed E-state index contributed by atoms with van der Waals surface area (Å²) < 4.78 is 26.6. The number of amides is 1. The van der Waals surface area contributed by atoms with Crippen LogP contribution in [0.5, 0.6) is 0 Å². The van der Waals surface area contributed by atoms with Crippen molar-refractivity contribution in [2.24, 2.45) is 0 Å². The molecule has 0 atom stereocenters. The van der Waals surface area contributed by atoms with Crippen LogP contribution in [0.2, 0.25) is 0 Å². The van der Waals surface area contributed by atoms with E-state index >= 15 is 0 Å². The van der Waals surface area contributed by atoms with Crippen LogP contribution in [0, 0.1) is 18.6 Å². The lowest BCUT2D eigenvalue weighted by atomic mass is 10.1. The zero-order chi connectivity index (χ0) is 15.6. The second-order valence-corrected chi connectivity index (χ2v) is 4.41. The van der Waals surface area contributed by atoms with Crippen LogP contribution in [0.15, 0.2) is 36.4 Å². The van der Waals surface area contributed by atoms with Gasteiger partial charge in [-0.2, -0.15) is 0 Å². The zero-order valence-corrected chi connectivity index (χ0v) is 11.0. The Hall–Kier alpha value is -2.76. The molecular weight excluding hydrogens is 280 g/mol. The molecule has 2 aromatic rings. The van der Waals surface area contributed by atoms with Crippen molar-refractivity contribution in [2.45, 2.75) is 6.92 Å². The Labute approximate surface area is 119 Å². The fourth-order valence-electron chi connectivity index (χ4n) is 1.83. The molecule has 0 aliphatic heterocycles. The van der Waals surface area contributed by atoms with E-state index in [1.807, 2.05) is 0 Å². The summed E-state index contributed by atoms with van der Waals surface area (Å²) in [5.74, 6) is -3.12. The molecule has 108 valence electrons. The lowest BCUT2D eigenvalue weighted by Crippen LogP contribution is -2.15. The Balaban J connectivity index is 2.31. The molecule has 2 aromatic carbocycles. The van der Waals surface area contributed by atoms with Crippen LogP contribution in [0.4, 0.5) is 14.5 Å². The first-order chi connectivity index (χ1) is 9.88. The number of halogens is 2. The molecule has 21 heavy (non-hydrogen) atoms. The second kappa shape index (κ2) is 5.70. The largest absolute Gasteiger partial charge is 0.478 e. The van der Waals surface area contributed by atoms with Gasteiger partial charge >= 0.3 is 5.97 Å². The summed E-state index contributed by atoms with van der Waals surface area (Å²) in [7, 11) is 0. The summed E-state index contributed by atoms with van der Waals surface area (Å²) >= 11 is 0. The first-order valence-electron chi connectivity index (χ1n) is 5.99. The topological polar surface area (TPSA) is 66.4 Å². The summed E-state index contributed by atoms with van der Waals surface area (Å²) in [5.41, 5.74) is 0.171. The van der Waals surface area contributed by atoms with Crippen molar-refractivity contribution in [3.05, 3.63) is 64.7 Å². The summed E-state index contributed by atoms with van der Waals surface area (Å²) in [6.07, 6.45) is 0. The van der Waals surface area contributed by atoms with E-state index in [4.69, 9.17) is 5.11 Å². The molecule has 2 rings (SSSR count). The number of hydrogen-bond donors (Lipinski definition) is 2. The molecule has 0 radical (unpaired) electrons. The first kappa shape index (κ1) is 14.6. The third-order valence-corrected chi connectivity index (χ3v) is 2.89. The van der Waals surface area contributed by atoms with E-state index in [0.717, 1.165) is 24.3 Å². The van der Waals surface area contributed by atoms with E-state index in [-0.39, 0.29) is 16.8 Å². The molecule has 0 unspecified atom stereocenters. The number of aromatic carboxylic acids is 1. The fraction of sp³-hybridized carbons (Fsp3) is 0.0667. The summed E-state index contributed by atoms with van der Waals surface area (Å²) in [5, 5.41) is 11.1. The fourth-order valence-corrected chi connectivity index (χ4v) is 1.83. The van der Waals surface area contributed by atoms with Gasteiger partial charge in [-0.15, -0.1) is 0 Å². The summed E-state index contributed by atoms with van der Waals surface area (Å²) in [6, 6.07) is 6.64. The van der Waals surface area contributed by atoms with E-state index in [1.165, 1.54) is 12.1 Å². The third kappa shape index (κ3) is 3.22. The van der Waals surface area contributed by atoms with E-state index < -0.39 is 23.5 Å². The number of carboxylic acids is 1. The van der Waals surface area contributed by atoms with Gasteiger partial charge in [-0.1, -0.05) is 0 Å². The zero-order valence-electron chi connectivity index (χ0n) is 11.0. The van der Waals surface area contributed by atoms with Gasteiger partial charge in [0.25, 0.3) is 5.91 Å². The van der Waals surface area contributed by atoms with Crippen LogP contribution in [-0.2, 0) is 0 Å². The maximum absolute atomic E-state index is 13.6. The average Bonchev–Trinajstić information content (AvgIpc) is 2.40. The number of carbonyl (C=O) groups is 2. The summed E-state index contributed by atoms with van der Waals surface area (Å²) in [6.45, 7) is 1.54. The van der Waals surface area contributed by atoms with Crippen molar-refractivity contribution in [1.82, 2.24) is 0 Å². The predicted molar refractivity (Wildman–Crippen MR) is 72.4 cm³/mol. The quantitative estimate of drug-likeness (QED) is 0.912. The maximum Gasteiger partial charge on any atom is 0.335 e. The van der Waals surface area contributed by atoms with E-state index in [9.17, 15) is 18.4 Å². The van der Waals surface area contributed by atoms with Gasteiger partial charge in [0.15, 0.2) is 0 Å². The molecule has 0 aromatic heterocycles. The number of aryl methyl sites for hydroxylation is 1. The highest BCUT2D eigenvalue weighted by molar-refractivity contribution is 6.05. The van der Waals surface area contributed by atoms with E-state index in [2.05, 4.69) is 5.32 Å². The van der Waals surface area contributed by atoms with Crippen LogP contribution in [0.3, 0.4) is 0 Å². The van der Waals surface area contributed by atoms with Crippen LogP contribution < -0.4 is 5.32 Å². The second-order valence-electron chi connectivity index (χ2n) is 4.41. The molecule has 4 nitrogen and oxygen atoms in total. The number of carbonyl (C=O) groups excluding carboxylic acids is 1. The Morgan fingerprint density at radius 2 is 1.81 bits per heavy atom. The number of rotatable bonds is 3. The van der Waals surface area contributed by atoms with Gasteiger partial charge in [0.1, 0.15) is 11.6 Å². The van der Waals surface area contributed by atoms with Crippen LogP contribution in [0.25, 0.3) is 0 Å². The Kier molecular flexibility index (Phi) is 3.98. The molecule has 0 saturated heterocycles. The minimum atomic E-state index is -1.23. The molecule has 1 amide bonds. The van der Waals surface area contributed by atoms with Crippen LogP contribution in [0.1, 0.15) is 26.3 Å². The van der Waals surface area contributed by atoms with Gasteiger partial charge in [-0.25, -0.2) is 13.6 Å². The molecule has 0 spiro atoms. The van der Waals surface area contributed by atoms with Crippen molar-refractivity contribution >= 4 is 17.6 Å². The van der Waals surface area contributed by atoms with Crippen molar-refractivity contribution in [3.8, 4) is 0 Å². The van der Waals surface area contributed by atoms with Crippen molar-refractivity contribution < 1.29 is 23.5 Å². The van der Waals surface area contributed by atoms with Gasteiger partial charge in [0, 0.05) is 5.56 Å². The van der Waals surface area contributed by atoms with Gasteiger partial charge in [-0.05, 0) is 48.9 Å². The smallest absolute Gasteiger partial charge is 0.335 e. The molecular formula is C15H11F2NO3. The van der Waals surface area contributed by atoms with Gasteiger partial charge in [-0.3, -0.25) is 4.79 Å². The lowest BCUT2D eigenvalue weighted by Gasteiger charge is -2.09. The average molecular weight is 291 g/mol. The highest BCUT2D eigenvalue weighted by atomic mass is 19.1. The maximum atomic E-state index is 13.6. The van der Waals surface area contributed by atoms with Gasteiger partial charge in [0.2, 0.25) is 0 Å². The third-order valence-electron chi connectivity index (χ3n) is 2.89. The molecule has 2 N–H and O–H groups in total. The van der Waals surface area contributed by atoms with Gasteiger partial charge in [0.05, 0.1) is 11.3 Å². The lowest BCUT2D eigenvalue weighted by molar-refractivity contribution is 0.0696. The molecule has 0 bridgehead atoms. The molecule has 0 aliphatic rings. The van der Waals surface area contributed by atoms with E-state index in [1.54, 1.807) is 6.92 Å². The highest BCUT2D eigenvalue weighted by Gasteiger charge is 2.14. The van der Waals surface area contributed by atoms with Gasteiger partial charge < -0.3 is 10.4 Å². The number of carboxylic acid groups (broad SMARTS) is 1. The van der Waals surface area contributed by atoms with Crippen LogP contribution >= 0.6 is 0 Å². The number of benzene rings is 2. The Morgan fingerprint density at radius 1 is 1.10 bits per heavy atom. The predicted octanol–water partition coefficient (Wildman–Crippen LogP) is 3.22. The van der Waals surface area contributed by atoms with Crippen molar-refractivity contribution in [3.63, 3.8) is 0 Å². The van der Waals surface area contributed by atoms with E-state index in [0.29, 0.717) is 5.56 Å².